The van der Waals surface area contributed by atoms with E-state index < -0.39 is 4.92 Å². The van der Waals surface area contributed by atoms with E-state index in [0.717, 1.165) is 12.8 Å². The van der Waals surface area contributed by atoms with Gasteiger partial charge in [0.2, 0.25) is 0 Å². The number of esters is 1. The van der Waals surface area contributed by atoms with E-state index in [-0.39, 0.29) is 24.9 Å². The second kappa shape index (κ2) is 11.5. The van der Waals surface area contributed by atoms with Crippen molar-refractivity contribution in [3.8, 4) is 5.75 Å². The van der Waals surface area contributed by atoms with E-state index in [4.69, 9.17) is 9.47 Å². The molecule has 0 aliphatic rings. The molecule has 1 aromatic rings. The molecule has 0 spiro atoms. The Morgan fingerprint density at radius 1 is 1.04 bits per heavy atom. The van der Waals surface area contributed by atoms with E-state index in [9.17, 15) is 14.9 Å². The van der Waals surface area contributed by atoms with Gasteiger partial charge in [-0.3, -0.25) is 14.9 Å². The van der Waals surface area contributed by atoms with E-state index in [2.05, 4.69) is 6.92 Å². The summed E-state index contributed by atoms with van der Waals surface area (Å²) >= 11 is 0. The first-order valence-corrected chi connectivity index (χ1v) is 8.16. The van der Waals surface area contributed by atoms with Gasteiger partial charge in [0.1, 0.15) is 19.0 Å². The van der Waals surface area contributed by atoms with Crippen LogP contribution in [-0.4, -0.2) is 24.1 Å². The van der Waals surface area contributed by atoms with Crippen LogP contribution < -0.4 is 4.74 Å². The van der Waals surface area contributed by atoms with E-state index in [1.54, 1.807) is 0 Å². The fraction of sp³-hybridized carbons (Fsp3) is 0.588. The van der Waals surface area contributed by atoms with Crippen LogP contribution >= 0.6 is 0 Å². The molecule has 0 bridgehead atoms. The minimum atomic E-state index is -0.464. The first-order chi connectivity index (χ1) is 11.1. The molecule has 128 valence electrons. The minimum absolute atomic E-state index is 0.0164. The van der Waals surface area contributed by atoms with Crippen molar-refractivity contribution in [2.24, 2.45) is 0 Å². The summed E-state index contributed by atoms with van der Waals surface area (Å²) in [6.45, 7) is 2.60. The molecular formula is C17H25NO5. The Morgan fingerprint density at radius 2 is 1.70 bits per heavy atom. The standard InChI is InChI=1S/C17H25NO5/c1-2-3-4-5-6-7-8-17(19)23-14-13-22-16-11-9-15(10-12-16)18(20)21/h9-12H,2-8,13-14H2,1H3. The SMILES string of the molecule is CCCCCCCCC(=O)OCCOc1ccc([N+](=O)[O-])cc1. The van der Waals surface area contributed by atoms with Crippen LogP contribution in [0.25, 0.3) is 0 Å². The Bertz CT molecular complexity index is 472. The zero-order valence-electron chi connectivity index (χ0n) is 13.7. The molecule has 6 nitrogen and oxygen atoms in total. The van der Waals surface area contributed by atoms with E-state index in [0.29, 0.717) is 12.2 Å². The van der Waals surface area contributed by atoms with Crippen LogP contribution in [0.1, 0.15) is 51.9 Å². The summed E-state index contributed by atoms with van der Waals surface area (Å²) in [6.07, 6.45) is 7.25. The van der Waals surface area contributed by atoms with E-state index in [1.807, 2.05) is 0 Å². The molecule has 1 aromatic carbocycles. The molecule has 6 heteroatoms. The third-order valence-electron chi connectivity index (χ3n) is 3.40. The summed E-state index contributed by atoms with van der Waals surface area (Å²) in [5, 5.41) is 10.5. The van der Waals surface area contributed by atoms with E-state index in [1.165, 1.54) is 49.9 Å². The fourth-order valence-electron chi connectivity index (χ4n) is 2.10. The maximum atomic E-state index is 11.5. The number of ether oxygens (including phenoxy) is 2. The van der Waals surface area contributed by atoms with Crippen molar-refractivity contribution in [3.05, 3.63) is 34.4 Å². The van der Waals surface area contributed by atoms with Crippen molar-refractivity contribution in [3.63, 3.8) is 0 Å². The van der Waals surface area contributed by atoms with Gasteiger partial charge in [0.25, 0.3) is 5.69 Å². The normalized spacial score (nSPS) is 10.3. The van der Waals surface area contributed by atoms with Gasteiger partial charge in [0.15, 0.2) is 0 Å². The van der Waals surface area contributed by atoms with Crippen LogP contribution in [-0.2, 0) is 9.53 Å². The zero-order valence-corrected chi connectivity index (χ0v) is 13.7. The Hall–Kier alpha value is -2.11. The molecule has 0 atom stereocenters. The number of rotatable bonds is 12. The van der Waals surface area contributed by atoms with Crippen LogP contribution in [0.2, 0.25) is 0 Å². The van der Waals surface area contributed by atoms with Crippen LogP contribution in [0.5, 0.6) is 5.75 Å². The summed E-state index contributed by atoms with van der Waals surface area (Å²) in [6, 6.07) is 5.80. The van der Waals surface area contributed by atoms with Crippen molar-refractivity contribution in [1.82, 2.24) is 0 Å². The summed E-state index contributed by atoms with van der Waals surface area (Å²) in [5.41, 5.74) is 0.0164. The number of carbonyl (C=O) groups excluding carboxylic acids is 1. The summed E-state index contributed by atoms with van der Waals surface area (Å²) < 4.78 is 10.4. The lowest BCUT2D eigenvalue weighted by atomic mass is 10.1. The number of nitro groups is 1. The van der Waals surface area contributed by atoms with Gasteiger partial charge in [0.05, 0.1) is 4.92 Å². The smallest absolute Gasteiger partial charge is 0.305 e. The molecule has 0 radical (unpaired) electrons. The van der Waals surface area contributed by atoms with Crippen LogP contribution in [0, 0.1) is 10.1 Å². The second-order valence-corrected chi connectivity index (χ2v) is 5.34. The highest BCUT2D eigenvalue weighted by Crippen LogP contribution is 2.17. The second-order valence-electron chi connectivity index (χ2n) is 5.34. The molecular weight excluding hydrogens is 298 g/mol. The molecule has 0 heterocycles. The monoisotopic (exact) mass is 323 g/mol. The zero-order chi connectivity index (χ0) is 16.9. The Morgan fingerprint density at radius 3 is 2.35 bits per heavy atom. The number of hydrogen-bond acceptors (Lipinski definition) is 5. The van der Waals surface area contributed by atoms with Gasteiger partial charge < -0.3 is 9.47 Å². The van der Waals surface area contributed by atoms with Gasteiger partial charge in [-0.2, -0.15) is 0 Å². The molecule has 0 aliphatic heterocycles. The topological polar surface area (TPSA) is 78.7 Å². The van der Waals surface area contributed by atoms with Crippen molar-refractivity contribution >= 4 is 11.7 Å². The summed E-state index contributed by atoms with van der Waals surface area (Å²) in [7, 11) is 0. The molecule has 0 saturated carbocycles. The van der Waals surface area contributed by atoms with Crippen molar-refractivity contribution in [1.29, 1.82) is 0 Å². The summed E-state index contributed by atoms with van der Waals surface area (Å²) in [5.74, 6) is 0.315. The highest BCUT2D eigenvalue weighted by Gasteiger charge is 2.05. The molecule has 0 fully saturated rings. The Kier molecular flexibility index (Phi) is 9.43. The largest absolute Gasteiger partial charge is 0.490 e. The molecule has 1 rings (SSSR count). The number of nitro benzene ring substituents is 1. The number of benzene rings is 1. The molecule has 0 N–H and O–H groups in total. The van der Waals surface area contributed by atoms with Crippen LogP contribution in [0.4, 0.5) is 5.69 Å². The predicted molar refractivity (Wildman–Crippen MR) is 87.5 cm³/mol. The molecule has 0 aromatic heterocycles. The lowest BCUT2D eigenvalue weighted by Crippen LogP contribution is -2.12. The van der Waals surface area contributed by atoms with Gasteiger partial charge in [-0.1, -0.05) is 39.0 Å². The molecule has 0 unspecified atom stereocenters. The highest BCUT2D eigenvalue weighted by molar-refractivity contribution is 5.69. The van der Waals surface area contributed by atoms with Crippen LogP contribution in [0.3, 0.4) is 0 Å². The number of nitrogens with zero attached hydrogens (tertiary/aromatic N) is 1. The van der Waals surface area contributed by atoms with Crippen molar-refractivity contribution < 1.29 is 19.2 Å². The number of hydrogen-bond donors (Lipinski definition) is 0. The molecule has 0 aliphatic carbocycles. The van der Waals surface area contributed by atoms with Crippen LogP contribution in [0.15, 0.2) is 24.3 Å². The Balaban J connectivity index is 2.05. The average Bonchev–Trinajstić information content (AvgIpc) is 2.55. The maximum absolute atomic E-state index is 11.5. The van der Waals surface area contributed by atoms with Gasteiger partial charge >= 0.3 is 5.97 Å². The minimum Gasteiger partial charge on any atom is -0.490 e. The maximum Gasteiger partial charge on any atom is 0.305 e. The average molecular weight is 323 g/mol. The van der Waals surface area contributed by atoms with Gasteiger partial charge in [-0.15, -0.1) is 0 Å². The quantitative estimate of drug-likeness (QED) is 0.248. The first-order valence-electron chi connectivity index (χ1n) is 8.16. The third-order valence-corrected chi connectivity index (χ3v) is 3.40. The van der Waals surface area contributed by atoms with Crippen molar-refractivity contribution in [2.45, 2.75) is 51.9 Å². The Labute approximate surface area is 136 Å². The first kappa shape index (κ1) is 18.9. The van der Waals surface area contributed by atoms with Gasteiger partial charge in [-0.05, 0) is 18.6 Å². The number of unbranched alkanes of at least 4 members (excludes halogenated alkanes) is 5. The fourth-order valence-corrected chi connectivity index (χ4v) is 2.10. The third kappa shape index (κ3) is 8.80. The van der Waals surface area contributed by atoms with E-state index >= 15 is 0 Å². The van der Waals surface area contributed by atoms with Gasteiger partial charge in [-0.25, -0.2) is 0 Å². The lowest BCUT2D eigenvalue weighted by molar-refractivity contribution is -0.384. The molecule has 0 saturated heterocycles. The molecule has 0 amide bonds. The number of non-ortho nitro benzene ring substituents is 1. The predicted octanol–water partition coefficient (Wildman–Crippen LogP) is 4.27. The highest BCUT2D eigenvalue weighted by atomic mass is 16.6. The van der Waals surface area contributed by atoms with Crippen molar-refractivity contribution in [2.75, 3.05) is 13.2 Å². The molecule has 23 heavy (non-hydrogen) atoms. The summed E-state index contributed by atoms with van der Waals surface area (Å²) in [4.78, 5) is 21.6. The number of carbonyl (C=O) groups is 1. The van der Waals surface area contributed by atoms with Gasteiger partial charge in [0, 0.05) is 18.6 Å². The lowest BCUT2D eigenvalue weighted by Gasteiger charge is -2.07.